The average molecular weight is 391 g/mol. The van der Waals surface area contributed by atoms with E-state index < -0.39 is 16.0 Å². The Hall–Kier alpha value is -2.38. The topological polar surface area (TPSA) is 72.9 Å². The molecule has 0 unspecified atom stereocenters. The summed E-state index contributed by atoms with van der Waals surface area (Å²) in [6, 6.07) is 13.5. The lowest BCUT2D eigenvalue weighted by atomic mass is 10.2. The molecule has 0 atom stereocenters. The molecular weight excluding hydrogens is 366 g/mol. The zero-order valence-corrected chi connectivity index (χ0v) is 16.7. The van der Waals surface area contributed by atoms with Crippen LogP contribution in [0, 0.1) is 6.92 Å². The molecule has 2 rings (SSSR count). The summed E-state index contributed by atoms with van der Waals surface area (Å²) in [6.45, 7) is 6.49. The van der Waals surface area contributed by atoms with Crippen molar-refractivity contribution >= 4 is 16.0 Å². The van der Waals surface area contributed by atoms with Gasteiger partial charge in [0.25, 0.3) is 0 Å². The van der Waals surface area contributed by atoms with E-state index in [2.05, 4.69) is 0 Å². The minimum Gasteiger partial charge on any atom is -0.490 e. The number of benzene rings is 2. The first-order valence-electron chi connectivity index (χ1n) is 8.86. The molecule has 0 saturated carbocycles. The largest absolute Gasteiger partial charge is 0.490 e. The SMILES string of the molecule is CCN(CC)S(=O)(=O)c1cccc(C(=O)OCCOc2ccccc2C)c1. The molecule has 27 heavy (non-hydrogen) atoms. The molecule has 0 aliphatic carbocycles. The third-order valence-electron chi connectivity index (χ3n) is 4.08. The molecular formula is C20H25NO5S. The summed E-state index contributed by atoms with van der Waals surface area (Å²) < 4.78 is 37.3. The maximum atomic E-state index is 12.6. The predicted molar refractivity (Wildman–Crippen MR) is 104 cm³/mol. The van der Waals surface area contributed by atoms with E-state index >= 15 is 0 Å². The van der Waals surface area contributed by atoms with Crippen LogP contribution < -0.4 is 4.74 Å². The lowest BCUT2D eigenvalue weighted by Crippen LogP contribution is -2.30. The Labute approximate surface area is 160 Å². The predicted octanol–water partition coefficient (Wildman–Crippen LogP) is 3.26. The lowest BCUT2D eigenvalue weighted by Gasteiger charge is -2.18. The summed E-state index contributed by atoms with van der Waals surface area (Å²) >= 11 is 0. The fourth-order valence-corrected chi connectivity index (χ4v) is 4.09. The molecule has 0 N–H and O–H groups in total. The number of aryl methyl sites for hydroxylation is 1. The van der Waals surface area contributed by atoms with E-state index in [-0.39, 0.29) is 23.7 Å². The van der Waals surface area contributed by atoms with Gasteiger partial charge in [-0.25, -0.2) is 13.2 Å². The van der Waals surface area contributed by atoms with Crippen LogP contribution in [0.2, 0.25) is 0 Å². The van der Waals surface area contributed by atoms with Crippen molar-refractivity contribution in [2.45, 2.75) is 25.7 Å². The molecule has 2 aromatic rings. The van der Waals surface area contributed by atoms with Gasteiger partial charge in [0.15, 0.2) is 0 Å². The van der Waals surface area contributed by atoms with Gasteiger partial charge in [-0.15, -0.1) is 0 Å². The van der Waals surface area contributed by atoms with Crippen LogP contribution in [0.5, 0.6) is 5.75 Å². The minimum atomic E-state index is -3.62. The van der Waals surface area contributed by atoms with E-state index in [9.17, 15) is 13.2 Å². The van der Waals surface area contributed by atoms with Crippen LogP contribution >= 0.6 is 0 Å². The van der Waals surface area contributed by atoms with Gasteiger partial charge in [0.05, 0.1) is 10.5 Å². The minimum absolute atomic E-state index is 0.0696. The second-order valence-electron chi connectivity index (χ2n) is 5.87. The van der Waals surface area contributed by atoms with Crippen molar-refractivity contribution in [2.24, 2.45) is 0 Å². The number of carbonyl (C=O) groups is 1. The number of carbonyl (C=O) groups excluding carboxylic acids is 1. The van der Waals surface area contributed by atoms with Crippen molar-refractivity contribution in [3.8, 4) is 5.75 Å². The van der Waals surface area contributed by atoms with Crippen LogP contribution in [-0.4, -0.2) is 45.0 Å². The number of para-hydroxylation sites is 1. The van der Waals surface area contributed by atoms with Crippen LogP contribution in [0.1, 0.15) is 29.8 Å². The van der Waals surface area contributed by atoms with Crippen LogP contribution in [-0.2, 0) is 14.8 Å². The van der Waals surface area contributed by atoms with Crippen molar-refractivity contribution in [1.29, 1.82) is 0 Å². The van der Waals surface area contributed by atoms with Gasteiger partial charge in [-0.3, -0.25) is 0 Å². The summed E-state index contributed by atoms with van der Waals surface area (Å²) in [7, 11) is -3.62. The number of ether oxygens (including phenoxy) is 2. The van der Waals surface area contributed by atoms with Gasteiger partial charge in [-0.1, -0.05) is 38.1 Å². The summed E-state index contributed by atoms with van der Waals surface area (Å²) in [5.74, 6) is 0.154. The van der Waals surface area contributed by atoms with E-state index in [0.29, 0.717) is 13.1 Å². The molecule has 0 saturated heterocycles. The molecule has 0 aliphatic heterocycles. The zero-order chi connectivity index (χ0) is 19.9. The fraction of sp³-hybridized carbons (Fsp3) is 0.350. The van der Waals surface area contributed by atoms with Crippen LogP contribution in [0.25, 0.3) is 0 Å². The monoisotopic (exact) mass is 391 g/mol. The number of nitrogens with zero attached hydrogens (tertiary/aromatic N) is 1. The highest BCUT2D eigenvalue weighted by atomic mass is 32.2. The van der Waals surface area contributed by atoms with Crippen molar-refractivity contribution in [3.05, 3.63) is 59.7 Å². The molecule has 0 bridgehead atoms. The lowest BCUT2D eigenvalue weighted by molar-refractivity contribution is 0.0450. The highest BCUT2D eigenvalue weighted by Crippen LogP contribution is 2.18. The molecule has 2 aromatic carbocycles. The first-order chi connectivity index (χ1) is 12.9. The van der Waals surface area contributed by atoms with Gasteiger partial charge < -0.3 is 9.47 Å². The van der Waals surface area contributed by atoms with Gasteiger partial charge in [-0.2, -0.15) is 4.31 Å². The van der Waals surface area contributed by atoms with Crippen LogP contribution in [0.15, 0.2) is 53.4 Å². The van der Waals surface area contributed by atoms with Crippen LogP contribution in [0.3, 0.4) is 0 Å². The van der Waals surface area contributed by atoms with Crippen molar-refractivity contribution in [1.82, 2.24) is 4.31 Å². The van der Waals surface area contributed by atoms with E-state index in [4.69, 9.17) is 9.47 Å². The Morgan fingerprint density at radius 1 is 1.00 bits per heavy atom. The van der Waals surface area contributed by atoms with E-state index in [1.807, 2.05) is 31.2 Å². The highest BCUT2D eigenvalue weighted by Gasteiger charge is 2.22. The summed E-state index contributed by atoms with van der Waals surface area (Å²) in [5.41, 5.74) is 1.19. The molecule has 0 spiro atoms. The van der Waals surface area contributed by atoms with Gasteiger partial charge >= 0.3 is 5.97 Å². The normalized spacial score (nSPS) is 11.4. The first kappa shape index (κ1) is 20.9. The highest BCUT2D eigenvalue weighted by molar-refractivity contribution is 7.89. The third kappa shape index (κ3) is 5.30. The Morgan fingerprint density at radius 2 is 1.70 bits per heavy atom. The standard InChI is InChI=1S/C20H25NO5S/c1-4-21(5-2)27(23,24)18-11-8-10-17(15-18)20(22)26-14-13-25-19-12-7-6-9-16(19)3/h6-12,15H,4-5,13-14H2,1-3H3. The third-order valence-corrected chi connectivity index (χ3v) is 6.13. The number of esters is 1. The average Bonchev–Trinajstić information content (AvgIpc) is 2.67. The molecule has 0 fully saturated rings. The number of sulfonamides is 1. The summed E-state index contributed by atoms with van der Waals surface area (Å²) in [4.78, 5) is 12.3. The van der Waals surface area contributed by atoms with Gasteiger partial charge in [0.2, 0.25) is 10.0 Å². The molecule has 0 aromatic heterocycles. The molecule has 6 nitrogen and oxygen atoms in total. The number of rotatable bonds is 9. The molecule has 0 amide bonds. The second kappa shape index (κ2) is 9.53. The molecule has 0 radical (unpaired) electrons. The van der Waals surface area contributed by atoms with Crippen LogP contribution in [0.4, 0.5) is 0 Å². The van der Waals surface area contributed by atoms with E-state index in [1.54, 1.807) is 13.8 Å². The Balaban J connectivity index is 1.98. The number of hydrogen-bond acceptors (Lipinski definition) is 5. The van der Waals surface area contributed by atoms with Gasteiger partial charge in [0.1, 0.15) is 19.0 Å². The molecule has 7 heteroatoms. The fourth-order valence-electron chi connectivity index (χ4n) is 2.58. The summed E-state index contributed by atoms with van der Waals surface area (Å²) in [6.07, 6.45) is 0. The van der Waals surface area contributed by atoms with Gasteiger partial charge in [0, 0.05) is 13.1 Å². The van der Waals surface area contributed by atoms with Crippen molar-refractivity contribution in [3.63, 3.8) is 0 Å². The maximum absolute atomic E-state index is 12.6. The Bertz CT molecular complexity index is 875. The van der Waals surface area contributed by atoms with E-state index in [0.717, 1.165) is 11.3 Å². The smallest absolute Gasteiger partial charge is 0.338 e. The van der Waals surface area contributed by atoms with Gasteiger partial charge in [-0.05, 0) is 36.8 Å². The molecule has 0 heterocycles. The Kier molecular flexibility index (Phi) is 7.38. The van der Waals surface area contributed by atoms with Crippen molar-refractivity contribution < 1.29 is 22.7 Å². The maximum Gasteiger partial charge on any atom is 0.338 e. The van der Waals surface area contributed by atoms with Crippen molar-refractivity contribution in [2.75, 3.05) is 26.3 Å². The Morgan fingerprint density at radius 3 is 2.37 bits per heavy atom. The van der Waals surface area contributed by atoms with E-state index in [1.165, 1.54) is 28.6 Å². The first-order valence-corrected chi connectivity index (χ1v) is 10.3. The summed E-state index contributed by atoms with van der Waals surface area (Å²) in [5, 5.41) is 0. The zero-order valence-electron chi connectivity index (χ0n) is 15.8. The second-order valence-corrected chi connectivity index (χ2v) is 7.80. The molecule has 0 aliphatic rings. The quantitative estimate of drug-likeness (QED) is 0.485. The molecule has 146 valence electrons. The number of hydrogen-bond donors (Lipinski definition) is 0.